The maximum Gasteiger partial charge on any atom is 0.322 e. The quantitative estimate of drug-likeness (QED) is 0.229. The Morgan fingerprint density at radius 3 is 2.47 bits per heavy atom. The van der Waals surface area contributed by atoms with E-state index in [4.69, 9.17) is 26.4 Å². The molecule has 0 spiro atoms. The maximum absolute atomic E-state index is 11.2. The summed E-state index contributed by atoms with van der Waals surface area (Å²) in [6.45, 7) is 0.555. The molecule has 6 nitrogen and oxygen atoms in total. The van der Waals surface area contributed by atoms with Crippen LogP contribution in [0.2, 0.25) is 0 Å². The normalized spacial score (nSPS) is 12.9. The van der Waals surface area contributed by atoms with Crippen LogP contribution in [-0.2, 0) is 9.53 Å². The van der Waals surface area contributed by atoms with Crippen molar-refractivity contribution >= 4 is 5.97 Å². The van der Waals surface area contributed by atoms with Gasteiger partial charge >= 0.3 is 5.97 Å². The number of aliphatic hydroxyl groups excluding tert-OH is 1. The lowest BCUT2D eigenvalue weighted by Crippen LogP contribution is -2.33. The average molecular weight is 220 g/mol. The van der Waals surface area contributed by atoms with Crippen molar-refractivity contribution in [1.82, 2.24) is 0 Å². The molecule has 0 aliphatic carbocycles. The van der Waals surface area contributed by atoms with E-state index in [9.17, 15) is 4.79 Å². The predicted molar refractivity (Wildman–Crippen MR) is 54.7 cm³/mol. The first-order valence-electron chi connectivity index (χ1n) is 5.06. The van der Waals surface area contributed by atoms with Crippen LogP contribution < -0.4 is 11.5 Å². The Balaban J connectivity index is 3.51. The third-order valence-corrected chi connectivity index (χ3v) is 1.89. The van der Waals surface area contributed by atoms with Gasteiger partial charge in [-0.2, -0.15) is 0 Å². The van der Waals surface area contributed by atoms with Crippen molar-refractivity contribution in [2.24, 2.45) is 11.5 Å². The van der Waals surface area contributed by atoms with Gasteiger partial charge in [0.15, 0.2) is 6.29 Å². The van der Waals surface area contributed by atoms with E-state index in [1.807, 2.05) is 0 Å². The summed E-state index contributed by atoms with van der Waals surface area (Å²) >= 11 is 0. The highest BCUT2D eigenvalue weighted by Gasteiger charge is 2.14. The third-order valence-electron chi connectivity index (χ3n) is 1.89. The first kappa shape index (κ1) is 14.3. The lowest BCUT2D eigenvalue weighted by molar-refractivity contribution is -0.147. The zero-order chi connectivity index (χ0) is 11.7. The van der Waals surface area contributed by atoms with Gasteiger partial charge < -0.3 is 26.4 Å². The maximum atomic E-state index is 11.2. The Bertz CT molecular complexity index is 175. The third kappa shape index (κ3) is 8.31. The Morgan fingerprint density at radius 2 is 1.93 bits per heavy atom. The van der Waals surface area contributed by atoms with Gasteiger partial charge in [0.2, 0.25) is 0 Å². The summed E-state index contributed by atoms with van der Waals surface area (Å²) in [5.41, 5.74) is 10.8. The summed E-state index contributed by atoms with van der Waals surface area (Å²) in [6, 6.07) is -0.646. The van der Waals surface area contributed by atoms with Crippen LogP contribution in [0, 0.1) is 0 Å². The molecule has 0 radical (unpaired) electrons. The first-order chi connectivity index (χ1) is 7.07. The van der Waals surface area contributed by atoms with Crippen molar-refractivity contribution in [1.29, 1.82) is 0 Å². The number of esters is 1. The van der Waals surface area contributed by atoms with Crippen LogP contribution in [0.25, 0.3) is 0 Å². The first-order valence-corrected chi connectivity index (χ1v) is 5.06. The summed E-state index contributed by atoms with van der Waals surface area (Å²) in [4.78, 5) is 11.2. The second-order valence-electron chi connectivity index (χ2n) is 3.33. The average Bonchev–Trinajstić information content (AvgIpc) is 2.17. The van der Waals surface area contributed by atoms with Gasteiger partial charge in [-0.25, -0.2) is 0 Å². The number of hydrogen-bond donors (Lipinski definition) is 4. The van der Waals surface area contributed by atoms with Gasteiger partial charge in [-0.1, -0.05) is 6.42 Å². The molecule has 0 aromatic rings. The fourth-order valence-corrected chi connectivity index (χ4v) is 0.998. The molecule has 0 saturated heterocycles. The smallest absolute Gasteiger partial charge is 0.322 e. The van der Waals surface area contributed by atoms with Crippen molar-refractivity contribution < 1.29 is 19.7 Å². The minimum atomic E-state index is -1.45. The Morgan fingerprint density at radius 1 is 1.27 bits per heavy atom. The van der Waals surface area contributed by atoms with Gasteiger partial charge in [-0.3, -0.25) is 4.79 Å². The van der Waals surface area contributed by atoms with Crippen LogP contribution in [0.4, 0.5) is 0 Å². The predicted octanol–water partition coefficient (Wildman–Crippen LogP) is -1.31. The highest BCUT2D eigenvalue weighted by Crippen LogP contribution is 2.00. The largest absolute Gasteiger partial charge is 0.464 e. The number of unbranched alkanes of at least 4 members (excludes halogenated alkanes) is 1. The van der Waals surface area contributed by atoms with E-state index in [2.05, 4.69) is 0 Å². The Hall–Kier alpha value is -0.690. The summed E-state index contributed by atoms with van der Waals surface area (Å²) in [7, 11) is 0. The zero-order valence-corrected chi connectivity index (χ0v) is 8.76. The summed E-state index contributed by atoms with van der Waals surface area (Å²) < 4.78 is 4.73. The highest BCUT2D eigenvalue weighted by atomic mass is 16.5. The van der Waals surface area contributed by atoms with E-state index >= 15 is 0 Å². The van der Waals surface area contributed by atoms with Crippen LogP contribution in [0.15, 0.2) is 0 Å². The van der Waals surface area contributed by atoms with E-state index in [1.165, 1.54) is 0 Å². The topological polar surface area (TPSA) is 119 Å². The SMILES string of the molecule is NCCCC[C@H](N)C(=O)OCCC(O)O. The van der Waals surface area contributed by atoms with Crippen LogP contribution in [0.1, 0.15) is 25.7 Å². The number of rotatable bonds is 8. The molecule has 6 heteroatoms. The fourth-order valence-electron chi connectivity index (χ4n) is 0.998. The molecule has 90 valence electrons. The lowest BCUT2D eigenvalue weighted by Gasteiger charge is -2.11. The van der Waals surface area contributed by atoms with E-state index in [0.29, 0.717) is 13.0 Å². The molecule has 0 fully saturated rings. The number of carbonyl (C=O) groups excluding carboxylic acids is 1. The van der Waals surface area contributed by atoms with Gasteiger partial charge in [0.05, 0.1) is 6.61 Å². The molecule has 0 aromatic heterocycles. The lowest BCUT2D eigenvalue weighted by atomic mass is 10.1. The molecule has 15 heavy (non-hydrogen) atoms. The molecule has 0 bridgehead atoms. The molecule has 0 heterocycles. The van der Waals surface area contributed by atoms with E-state index in [-0.39, 0.29) is 13.0 Å². The molecule has 0 amide bonds. The summed E-state index contributed by atoms with van der Waals surface area (Å²) in [6.07, 6.45) is 0.705. The molecule has 0 unspecified atom stereocenters. The van der Waals surface area contributed by atoms with E-state index in [0.717, 1.165) is 12.8 Å². The van der Waals surface area contributed by atoms with Crippen LogP contribution >= 0.6 is 0 Å². The van der Waals surface area contributed by atoms with E-state index in [1.54, 1.807) is 0 Å². The number of carbonyl (C=O) groups is 1. The van der Waals surface area contributed by atoms with Crippen molar-refractivity contribution in [2.75, 3.05) is 13.2 Å². The Kier molecular flexibility index (Phi) is 8.21. The standard InChI is InChI=1S/C9H20N2O4/c10-5-2-1-3-7(11)9(14)15-6-4-8(12)13/h7-8,12-13H,1-6,10-11H2/t7-/m0/s1. The molecule has 0 aliphatic rings. The molecule has 6 N–H and O–H groups in total. The minimum absolute atomic E-state index is 0.00125. The van der Waals surface area contributed by atoms with Gasteiger partial charge in [0.25, 0.3) is 0 Å². The van der Waals surface area contributed by atoms with Gasteiger partial charge in [-0.05, 0) is 19.4 Å². The minimum Gasteiger partial charge on any atom is -0.464 e. The van der Waals surface area contributed by atoms with Gasteiger partial charge in [-0.15, -0.1) is 0 Å². The van der Waals surface area contributed by atoms with Crippen LogP contribution in [-0.4, -0.2) is 41.7 Å². The molecular weight excluding hydrogens is 200 g/mol. The second kappa shape index (κ2) is 8.60. The molecule has 1 atom stereocenters. The van der Waals surface area contributed by atoms with Crippen LogP contribution in [0.3, 0.4) is 0 Å². The molecule has 0 saturated carbocycles. The second-order valence-corrected chi connectivity index (χ2v) is 3.33. The van der Waals surface area contributed by atoms with Gasteiger partial charge in [0, 0.05) is 6.42 Å². The van der Waals surface area contributed by atoms with Gasteiger partial charge in [0.1, 0.15) is 6.04 Å². The van der Waals surface area contributed by atoms with Crippen molar-refractivity contribution in [3.8, 4) is 0 Å². The molecule has 0 aliphatic heterocycles. The zero-order valence-electron chi connectivity index (χ0n) is 8.76. The Labute approximate surface area is 89.2 Å². The van der Waals surface area contributed by atoms with E-state index < -0.39 is 18.3 Å². The summed E-state index contributed by atoms with van der Waals surface area (Å²) in [5, 5.41) is 17.0. The number of nitrogens with two attached hydrogens (primary N) is 2. The van der Waals surface area contributed by atoms with Crippen molar-refractivity contribution in [3.63, 3.8) is 0 Å². The molecule has 0 rings (SSSR count). The monoisotopic (exact) mass is 220 g/mol. The number of aliphatic hydroxyl groups is 2. The number of ether oxygens (including phenoxy) is 1. The highest BCUT2D eigenvalue weighted by molar-refractivity contribution is 5.75. The van der Waals surface area contributed by atoms with Crippen LogP contribution in [0.5, 0.6) is 0 Å². The molecular formula is C9H20N2O4. The molecule has 0 aromatic carbocycles. The number of hydrogen-bond acceptors (Lipinski definition) is 6. The fraction of sp³-hybridized carbons (Fsp3) is 0.889. The van der Waals surface area contributed by atoms with Crippen molar-refractivity contribution in [3.05, 3.63) is 0 Å². The summed E-state index contributed by atoms with van der Waals surface area (Å²) in [5.74, 6) is -0.507. The van der Waals surface area contributed by atoms with Crippen molar-refractivity contribution in [2.45, 2.75) is 38.0 Å².